The number of halogens is 2. The van der Waals surface area contributed by atoms with Crippen LogP contribution in [0.15, 0.2) is 24.3 Å². The lowest BCUT2D eigenvalue weighted by atomic mass is 10.0. The van der Waals surface area contributed by atoms with Gasteiger partial charge in [0.2, 0.25) is 5.91 Å². The zero-order valence-corrected chi connectivity index (χ0v) is 15.4. The molecule has 2 rings (SSSR count). The van der Waals surface area contributed by atoms with Crippen molar-refractivity contribution in [2.45, 2.75) is 39.3 Å². The highest BCUT2D eigenvalue weighted by Crippen LogP contribution is 2.16. The van der Waals surface area contributed by atoms with Gasteiger partial charge in [0.15, 0.2) is 0 Å². The minimum atomic E-state index is -0.629. The van der Waals surface area contributed by atoms with E-state index in [1.54, 1.807) is 19.1 Å². The molecule has 1 heterocycles. The van der Waals surface area contributed by atoms with E-state index in [1.807, 2.05) is 13.8 Å². The van der Waals surface area contributed by atoms with Gasteiger partial charge in [0.05, 0.1) is 0 Å². The normalized spacial score (nSPS) is 13.0. The number of amides is 1. The molecular weight excluding hydrogens is 347 g/mol. The molecule has 1 aromatic heterocycles. The first-order chi connectivity index (χ1) is 11.5. The van der Waals surface area contributed by atoms with Gasteiger partial charge in [-0.05, 0) is 48.5 Å². The number of nitrogens with zero attached hydrogens (tertiary/aromatic N) is 4. The molecule has 0 saturated heterocycles. The SMILES string of the molecule is CCN[C@H](C)CNC(=O)C(Cc1cccc(F)c1)n1nnnc1C.Cl. The van der Waals surface area contributed by atoms with E-state index in [0.29, 0.717) is 24.4 Å². The van der Waals surface area contributed by atoms with Crippen LogP contribution in [0.1, 0.15) is 31.3 Å². The number of carbonyl (C=O) groups is 1. The summed E-state index contributed by atoms with van der Waals surface area (Å²) in [6.07, 6.45) is 0.311. The van der Waals surface area contributed by atoms with E-state index < -0.39 is 6.04 Å². The predicted molar refractivity (Wildman–Crippen MR) is 95.1 cm³/mol. The third-order valence-corrected chi connectivity index (χ3v) is 3.71. The molecule has 0 aliphatic heterocycles. The van der Waals surface area contributed by atoms with Gasteiger partial charge in [-0.25, -0.2) is 9.07 Å². The predicted octanol–water partition coefficient (Wildman–Crippen LogP) is 1.44. The molecule has 2 aromatic rings. The van der Waals surface area contributed by atoms with E-state index in [2.05, 4.69) is 26.2 Å². The van der Waals surface area contributed by atoms with Crippen molar-refractivity contribution >= 4 is 18.3 Å². The first kappa shape index (κ1) is 21.0. The third kappa shape index (κ3) is 6.06. The van der Waals surface area contributed by atoms with Gasteiger partial charge in [-0.15, -0.1) is 17.5 Å². The lowest BCUT2D eigenvalue weighted by molar-refractivity contribution is -0.124. The average molecular weight is 371 g/mol. The van der Waals surface area contributed by atoms with Gasteiger partial charge in [-0.1, -0.05) is 19.1 Å². The van der Waals surface area contributed by atoms with Crippen molar-refractivity contribution in [3.8, 4) is 0 Å². The monoisotopic (exact) mass is 370 g/mol. The second-order valence-electron chi connectivity index (χ2n) is 5.72. The summed E-state index contributed by atoms with van der Waals surface area (Å²) < 4.78 is 14.9. The minimum absolute atomic E-state index is 0. The Bertz CT molecular complexity index is 680. The number of nitrogens with one attached hydrogen (secondary N) is 2. The maximum absolute atomic E-state index is 13.4. The van der Waals surface area contributed by atoms with Crippen LogP contribution >= 0.6 is 12.4 Å². The fourth-order valence-electron chi connectivity index (χ4n) is 2.50. The Labute approximate surface area is 152 Å². The molecule has 0 radical (unpaired) electrons. The molecule has 0 fully saturated rings. The summed E-state index contributed by atoms with van der Waals surface area (Å²) in [7, 11) is 0. The van der Waals surface area contributed by atoms with Crippen molar-refractivity contribution in [2.24, 2.45) is 0 Å². The fraction of sp³-hybridized carbons (Fsp3) is 0.500. The molecule has 25 heavy (non-hydrogen) atoms. The van der Waals surface area contributed by atoms with E-state index in [0.717, 1.165) is 6.54 Å². The van der Waals surface area contributed by atoms with Crippen LogP contribution in [0, 0.1) is 12.7 Å². The van der Waals surface area contributed by atoms with Crippen molar-refractivity contribution in [1.29, 1.82) is 0 Å². The minimum Gasteiger partial charge on any atom is -0.353 e. The van der Waals surface area contributed by atoms with Gasteiger partial charge in [0, 0.05) is 19.0 Å². The Morgan fingerprint density at radius 3 is 2.76 bits per heavy atom. The number of tetrazole rings is 1. The molecule has 2 atom stereocenters. The second-order valence-corrected chi connectivity index (χ2v) is 5.72. The highest BCUT2D eigenvalue weighted by molar-refractivity contribution is 5.85. The zero-order chi connectivity index (χ0) is 17.5. The molecule has 1 aromatic carbocycles. The largest absolute Gasteiger partial charge is 0.353 e. The van der Waals surface area contributed by atoms with Gasteiger partial charge >= 0.3 is 0 Å². The highest BCUT2D eigenvalue weighted by atomic mass is 35.5. The van der Waals surface area contributed by atoms with Gasteiger partial charge in [0.1, 0.15) is 17.7 Å². The maximum Gasteiger partial charge on any atom is 0.245 e. The Hall–Kier alpha value is -2.06. The van der Waals surface area contributed by atoms with Gasteiger partial charge in [-0.3, -0.25) is 4.79 Å². The Morgan fingerprint density at radius 2 is 2.16 bits per heavy atom. The van der Waals surface area contributed by atoms with Crippen LogP contribution in [-0.4, -0.2) is 45.2 Å². The highest BCUT2D eigenvalue weighted by Gasteiger charge is 2.24. The van der Waals surface area contributed by atoms with E-state index in [-0.39, 0.29) is 30.2 Å². The van der Waals surface area contributed by atoms with Crippen molar-refractivity contribution in [3.63, 3.8) is 0 Å². The molecule has 1 unspecified atom stereocenters. The number of hydrogen-bond acceptors (Lipinski definition) is 5. The molecule has 0 aliphatic carbocycles. The molecule has 9 heteroatoms. The number of aryl methyl sites for hydroxylation is 1. The number of likely N-dealkylation sites (N-methyl/N-ethyl adjacent to an activating group) is 1. The topological polar surface area (TPSA) is 84.7 Å². The summed E-state index contributed by atoms with van der Waals surface area (Å²) in [4.78, 5) is 12.6. The van der Waals surface area contributed by atoms with Crippen molar-refractivity contribution in [3.05, 3.63) is 41.5 Å². The number of rotatable bonds is 8. The van der Waals surface area contributed by atoms with Gasteiger partial charge in [-0.2, -0.15) is 0 Å². The van der Waals surface area contributed by atoms with E-state index in [4.69, 9.17) is 0 Å². The summed E-state index contributed by atoms with van der Waals surface area (Å²) >= 11 is 0. The Morgan fingerprint density at radius 1 is 1.40 bits per heavy atom. The summed E-state index contributed by atoms with van der Waals surface area (Å²) in [6.45, 7) is 7.06. The summed E-state index contributed by atoms with van der Waals surface area (Å²) in [5.74, 6) is 0.00608. The van der Waals surface area contributed by atoms with Crippen molar-refractivity contribution in [2.75, 3.05) is 13.1 Å². The molecule has 0 saturated carbocycles. The standard InChI is InChI=1S/C16H23FN6O.ClH/c1-4-18-11(2)10-19-16(24)15(23-12(3)20-21-22-23)9-13-6-5-7-14(17)8-13;/h5-8,11,15,18H,4,9-10H2,1-3H3,(H,19,24);1H/t11-,15?;/m1./s1. The van der Waals surface area contributed by atoms with Gasteiger partial charge in [0.25, 0.3) is 0 Å². The molecule has 138 valence electrons. The van der Waals surface area contributed by atoms with E-state index in [1.165, 1.54) is 16.8 Å². The molecule has 0 spiro atoms. The summed E-state index contributed by atoms with van der Waals surface area (Å²) in [5, 5.41) is 17.5. The van der Waals surface area contributed by atoms with Crippen LogP contribution in [0.25, 0.3) is 0 Å². The van der Waals surface area contributed by atoms with Crippen LogP contribution in [0.5, 0.6) is 0 Å². The Balaban J connectivity index is 0.00000312. The number of benzene rings is 1. The lowest BCUT2D eigenvalue weighted by Gasteiger charge is -2.19. The van der Waals surface area contributed by atoms with Crippen molar-refractivity contribution < 1.29 is 9.18 Å². The lowest BCUT2D eigenvalue weighted by Crippen LogP contribution is -2.42. The molecule has 2 N–H and O–H groups in total. The summed E-state index contributed by atoms with van der Waals surface area (Å²) in [6, 6.07) is 5.73. The average Bonchev–Trinajstić information content (AvgIpc) is 2.96. The van der Waals surface area contributed by atoms with E-state index in [9.17, 15) is 9.18 Å². The zero-order valence-electron chi connectivity index (χ0n) is 14.6. The number of aromatic nitrogens is 4. The number of carbonyl (C=O) groups excluding carboxylic acids is 1. The summed E-state index contributed by atoms with van der Waals surface area (Å²) in [5.41, 5.74) is 0.713. The smallest absolute Gasteiger partial charge is 0.245 e. The molecular formula is C16H24ClFN6O. The first-order valence-electron chi connectivity index (χ1n) is 8.01. The van der Waals surface area contributed by atoms with Crippen LogP contribution in [0.3, 0.4) is 0 Å². The van der Waals surface area contributed by atoms with Crippen LogP contribution in [0.2, 0.25) is 0 Å². The van der Waals surface area contributed by atoms with Gasteiger partial charge < -0.3 is 10.6 Å². The molecule has 0 bridgehead atoms. The first-order valence-corrected chi connectivity index (χ1v) is 8.01. The fourth-order valence-corrected chi connectivity index (χ4v) is 2.50. The molecule has 1 amide bonds. The number of hydrogen-bond donors (Lipinski definition) is 2. The van der Waals surface area contributed by atoms with Crippen LogP contribution < -0.4 is 10.6 Å². The second kappa shape index (κ2) is 10.0. The van der Waals surface area contributed by atoms with Crippen LogP contribution in [0.4, 0.5) is 4.39 Å². The quantitative estimate of drug-likeness (QED) is 0.734. The molecule has 7 nitrogen and oxygen atoms in total. The van der Waals surface area contributed by atoms with E-state index >= 15 is 0 Å². The van der Waals surface area contributed by atoms with Crippen LogP contribution in [-0.2, 0) is 11.2 Å². The van der Waals surface area contributed by atoms with Crippen molar-refractivity contribution in [1.82, 2.24) is 30.8 Å². The Kier molecular flexibility index (Phi) is 8.44. The maximum atomic E-state index is 13.4. The molecule has 0 aliphatic rings. The third-order valence-electron chi connectivity index (χ3n) is 3.71.